The number of piperidine rings is 1. The molecule has 7 nitrogen and oxygen atoms in total. The monoisotopic (exact) mass is 360 g/mol. The zero-order valence-electron chi connectivity index (χ0n) is 15.6. The van der Waals surface area contributed by atoms with Gasteiger partial charge in [-0.1, -0.05) is 12.1 Å². The van der Waals surface area contributed by atoms with Gasteiger partial charge in [-0.25, -0.2) is 0 Å². The molecule has 2 atom stereocenters. The fourth-order valence-electron chi connectivity index (χ4n) is 4.22. The van der Waals surface area contributed by atoms with Crippen LogP contribution in [0.4, 0.5) is 11.4 Å². The summed E-state index contributed by atoms with van der Waals surface area (Å²) in [5, 5.41) is 11.2. The van der Waals surface area contributed by atoms with Gasteiger partial charge in [-0.2, -0.15) is 0 Å². The summed E-state index contributed by atoms with van der Waals surface area (Å²) in [6.45, 7) is 7.61. The van der Waals surface area contributed by atoms with Crippen molar-refractivity contribution in [2.24, 2.45) is 0 Å². The Morgan fingerprint density at radius 2 is 1.73 bits per heavy atom. The van der Waals surface area contributed by atoms with Crippen LogP contribution in [0.5, 0.6) is 0 Å². The van der Waals surface area contributed by atoms with E-state index in [2.05, 4.69) is 23.6 Å². The van der Waals surface area contributed by atoms with Gasteiger partial charge in [-0.05, 0) is 39.2 Å². The van der Waals surface area contributed by atoms with Gasteiger partial charge in [0.2, 0.25) is 5.91 Å². The minimum atomic E-state index is -0.329. The molecule has 7 heteroatoms. The molecule has 0 spiro atoms. The summed E-state index contributed by atoms with van der Waals surface area (Å²) >= 11 is 0. The van der Waals surface area contributed by atoms with Crippen LogP contribution < -0.4 is 4.90 Å². The molecule has 0 aliphatic carbocycles. The molecule has 1 aromatic rings. The molecule has 26 heavy (non-hydrogen) atoms. The number of rotatable bonds is 4. The number of carbonyl (C=O) groups excluding carboxylic acids is 1. The van der Waals surface area contributed by atoms with Crippen molar-refractivity contribution >= 4 is 17.3 Å². The van der Waals surface area contributed by atoms with Crippen LogP contribution in [0.25, 0.3) is 0 Å². The molecule has 0 unspecified atom stereocenters. The number of hydrogen-bond acceptors (Lipinski definition) is 5. The largest absolute Gasteiger partial charge is 0.363 e. The molecule has 0 aromatic heterocycles. The fraction of sp³-hybridized carbons (Fsp3) is 0.632. The Kier molecular flexibility index (Phi) is 5.76. The highest BCUT2D eigenvalue weighted by atomic mass is 16.6. The number of carbonyl (C=O) groups is 1. The molecular weight excluding hydrogens is 332 g/mol. The number of nitrogens with zero attached hydrogens (tertiary/aromatic N) is 4. The third-order valence-corrected chi connectivity index (χ3v) is 5.63. The first-order chi connectivity index (χ1) is 12.5. The summed E-state index contributed by atoms with van der Waals surface area (Å²) < 4.78 is 0. The van der Waals surface area contributed by atoms with Gasteiger partial charge in [0, 0.05) is 44.3 Å². The number of likely N-dealkylation sites (tertiary alicyclic amines) is 1. The molecule has 2 aliphatic rings. The van der Waals surface area contributed by atoms with Crippen molar-refractivity contribution in [1.29, 1.82) is 0 Å². The maximum Gasteiger partial charge on any atom is 0.292 e. The van der Waals surface area contributed by atoms with Gasteiger partial charge >= 0.3 is 0 Å². The topological polar surface area (TPSA) is 69.9 Å². The second kappa shape index (κ2) is 8.03. The van der Waals surface area contributed by atoms with Crippen molar-refractivity contribution in [1.82, 2.24) is 9.80 Å². The zero-order valence-corrected chi connectivity index (χ0v) is 15.6. The Labute approximate surface area is 154 Å². The van der Waals surface area contributed by atoms with Gasteiger partial charge in [-0.3, -0.25) is 19.8 Å². The lowest BCUT2D eigenvalue weighted by Gasteiger charge is -2.41. The lowest BCUT2D eigenvalue weighted by atomic mass is 9.97. The molecule has 1 aromatic carbocycles. The summed E-state index contributed by atoms with van der Waals surface area (Å²) in [5.74, 6) is 0.212. The summed E-state index contributed by atoms with van der Waals surface area (Å²) in [6.07, 6.45) is 3.36. The number of amides is 1. The van der Waals surface area contributed by atoms with E-state index in [9.17, 15) is 14.9 Å². The molecule has 0 saturated carbocycles. The minimum absolute atomic E-state index is 0.146. The average Bonchev–Trinajstić information content (AvgIpc) is 2.62. The summed E-state index contributed by atoms with van der Waals surface area (Å²) in [4.78, 5) is 29.9. The van der Waals surface area contributed by atoms with Crippen molar-refractivity contribution in [2.45, 2.75) is 45.2 Å². The highest BCUT2D eigenvalue weighted by Gasteiger charge is 2.31. The third kappa shape index (κ3) is 3.98. The van der Waals surface area contributed by atoms with E-state index in [0.717, 1.165) is 25.9 Å². The maximum absolute atomic E-state index is 12.8. The number of nitro benzene ring substituents is 1. The second-order valence-corrected chi connectivity index (χ2v) is 7.44. The van der Waals surface area contributed by atoms with E-state index < -0.39 is 0 Å². The van der Waals surface area contributed by atoms with E-state index in [-0.39, 0.29) is 16.5 Å². The van der Waals surface area contributed by atoms with Crippen LogP contribution in [-0.2, 0) is 4.79 Å². The number of anilines is 1. The van der Waals surface area contributed by atoms with E-state index in [1.807, 2.05) is 11.0 Å². The number of nitro groups is 1. The lowest BCUT2D eigenvalue weighted by Crippen LogP contribution is -2.54. The molecule has 2 heterocycles. The van der Waals surface area contributed by atoms with Crippen molar-refractivity contribution in [2.75, 3.05) is 37.6 Å². The van der Waals surface area contributed by atoms with Crippen LogP contribution in [0, 0.1) is 10.1 Å². The van der Waals surface area contributed by atoms with Gasteiger partial charge in [0.25, 0.3) is 5.69 Å². The Bertz CT molecular complexity index is 648. The molecule has 0 bridgehead atoms. The van der Waals surface area contributed by atoms with Crippen molar-refractivity contribution in [3.8, 4) is 0 Å². The Morgan fingerprint density at radius 3 is 2.35 bits per heavy atom. The average molecular weight is 360 g/mol. The molecular formula is C19H28N4O3. The van der Waals surface area contributed by atoms with Crippen LogP contribution in [0.15, 0.2) is 24.3 Å². The van der Waals surface area contributed by atoms with E-state index >= 15 is 0 Å². The van der Waals surface area contributed by atoms with E-state index in [1.54, 1.807) is 18.2 Å². The summed E-state index contributed by atoms with van der Waals surface area (Å²) in [5.41, 5.74) is 0.815. The van der Waals surface area contributed by atoms with Crippen LogP contribution in [0.3, 0.4) is 0 Å². The normalized spacial score (nSPS) is 24.5. The quantitative estimate of drug-likeness (QED) is 0.609. The van der Waals surface area contributed by atoms with Gasteiger partial charge in [0.05, 0.1) is 11.5 Å². The van der Waals surface area contributed by atoms with Crippen LogP contribution in [0.1, 0.15) is 33.1 Å². The van der Waals surface area contributed by atoms with E-state index in [0.29, 0.717) is 37.4 Å². The predicted octanol–water partition coefficient (Wildman–Crippen LogP) is 2.51. The number of para-hydroxylation sites is 2. The molecule has 2 aliphatic heterocycles. The minimum Gasteiger partial charge on any atom is -0.363 e. The standard InChI is InChI=1S/C19H28N4O3/c1-15-6-5-7-16(2)22(15)19(24)14-20-10-12-21(13-11-20)17-8-3-4-9-18(17)23(25)26/h3-4,8-9,15-16H,5-7,10-14H2,1-2H3/t15-,16-/m1/s1. The fourth-order valence-corrected chi connectivity index (χ4v) is 4.22. The highest BCUT2D eigenvalue weighted by molar-refractivity contribution is 5.79. The Morgan fingerprint density at radius 1 is 1.12 bits per heavy atom. The summed E-state index contributed by atoms with van der Waals surface area (Å²) in [6, 6.07) is 7.51. The second-order valence-electron chi connectivity index (χ2n) is 7.44. The van der Waals surface area contributed by atoms with Gasteiger partial charge in [0.15, 0.2) is 0 Å². The van der Waals surface area contributed by atoms with Gasteiger partial charge < -0.3 is 9.80 Å². The number of piperazine rings is 1. The van der Waals surface area contributed by atoms with E-state index in [4.69, 9.17) is 0 Å². The number of benzene rings is 1. The maximum atomic E-state index is 12.8. The molecule has 0 radical (unpaired) electrons. The molecule has 1 amide bonds. The van der Waals surface area contributed by atoms with Crippen molar-refractivity contribution in [3.05, 3.63) is 34.4 Å². The third-order valence-electron chi connectivity index (χ3n) is 5.63. The van der Waals surface area contributed by atoms with Gasteiger partial charge in [0.1, 0.15) is 5.69 Å². The van der Waals surface area contributed by atoms with Crippen LogP contribution in [-0.4, -0.2) is 65.4 Å². The smallest absolute Gasteiger partial charge is 0.292 e. The molecule has 2 fully saturated rings. The predicted molar refractivity (Wildman–Crippen MR) is 101 cm³/mol. The summed E-state index contributed by atoms with van der Waals surface area (Å²) in [7, 11) is 0. The van der Waals surface area contributed by atoms with Crippen molar-refractivity contribution in [3.63, 3.8) is 0 Å². The molecule has 3 rings (SSSR count). The van der Waals surface area contributed by atoms with Crippen molar-refractivity contribution < 1.29 is 9.72 Å². The number of hydrogen-bond donors (Lipinski definition) is 0. The molecule has 142 valence electrons. The Balaban J connectivity index is 1.57. The first kappa shape index (κ1) is 18.6. The van der Waals surface area contributed by atoms with Crippen LogP contribution >= 0.6 is 0 Å². The zero-order chi connectivity index (χ0) is 18.7. The highest BCUT2D eigenvalue weighted by Crippen LogP contribution is 2.28. The molecule has 0 N–H and O–H groups in total. The first-order valence-corrected chi connectivity index (χ1v) is 9.49. The Hall–Kier alpha value is -2.15. The molecule has 2 saturated heterocycles. The SMILES string of the molecule is C[C@@H]1CCC[C@@H](C)N1C(=O)CN1CCN(c2ccccc2[N+](=O)[O-])CC1. The van der Waals surface area contributed by atoms with Gasteiger partial charge in [-0.15, -0.1) is 0 Å². The van der Waals surface area contributed by atoms with Crippen LogP contribution in [0.2, 0.25) is 0 Å². The lowest BCUT2D eigenvalue weighted by molar-refractivity contribution is -0.384. The first-order valence-electron chi connectivity index (χ1n) is 9.49. The van der Waals surface area contributed by atoms with E-state index in [1.165, 1.54) is 6.42 Å².